The topological polar surface area (TPSA) is 54.2 Å². The lowest BCUT2D eigenvalue weighted by Gasteiger charge is -2.18. The lowest BCUT2D eigenvalue weighted by atomic mass is 10.1. The molecule has 1 aromatic carbocycles. The molecular formula is C14H18N4. The van der Waals surface area contributed by atoms with Crippen LogP contribution in [0.2, 0.25) is 0 Å². The number of nitrogen functional groups attached to an aromatic ring is 1. The van der Waals surface area contributed by atoms with Crippen molar-refractivity contribution in [3.05, 3.63) is 53.6 Å². The van der Waals surface area contributed by atoms with Crippen molar-refractivity contribution in [1.82, 2.24) is 4.98 Å². The third-order valence-corrected chi connectivity index (χ3v) is 2.81. The Morgan fingerprint density at radius 3 is 2.56 bits per heavy atom. The first-order valence-electron chi connectivity index (χ1n) is 5.89. The normalized spacial score (nSPS) is 10.2. The second-order valence-corrected chi connectivity index (χ2v) is 4.37. The van der Waals surface area contributed by atoms with Crippen molar-refractivity contribution in [3.63, 3.8) is 0 Å². The number of hydrazine groups is 1. The molecule has 0 unspecified atom stereocenters. The molecule has 1 heterocycles. The van der Waals surface area contributed by atoms with Crippen LogP contribution in [0.25, 0.3) is 0 Å². The lowest BCUT2D eigenvalue weighted by Crippen LogP contribution is -2.18. The predicted molar refractivity (Wildman–Crippen MR) is 75.3 cm³/mol. The van der Waals surface area contributed by atoms with Gasteiger partial charge >= 0.3 is 0 Å². The van der Waals surface area contributed by atoms with Gasteiger partial charge in [-0.15, -0.1) is 0 Å². The Balaban J connectivity index is 2.11. The van der Waals surface area contributed by atoms with Gasteiger partial charge in [0.05, 0.1) is 0 Å². The van der Waals surface area contributed by atoms with Crippen molar-refractivity contribution in [2.45, 2.75) is 13.5 Å². The van der Waals surface area contributed by atoms with Crippen molar-refractivity contribution in [2.24, 2.45) is 5.84 Å². The van der Waals surface area contributed by atoms with Gasteiger partial charge in [-0.1, -0.05) is 35.9 Å². The van der Waals surface area contributed by atoms with Crippen LogP contribution in [0.1, 0.15) is 11.1 Å². The molecule has 0 atom stereocenters. The molecule has 4 heteroatoms. The number of nitrogens with one attached hydrogen (secondary N) is 1. The van der Waals surface area contributed by atoms with Gasteiger partial charge in [0.2, 0.25) is 0 Å². The summed E-state index contributed by atoms with van der Waals surface area (Å²) in [6.45, 7) is 2.91. The Bertz CT molecular complexity index is 507. The maximum Gasteiger partial charge on any atom is 0.142 e. The third-order valence-electron chi connectivity index (χ3n) is 2.81. The Morgan fingerprint density at radius 2 is 1.89 bits per heavy atom. The molecule has 0 amide bonds. The van der Waals surface area contributed by atoms with Crippen molar-refractivity contribution < 1.29 is 0 Å². The van der Waals surface area contributed by atoms with Gasteiger partial charge in [0, 0.05) is 13.6 Å². The molecule has 0 aliphatic heterocycles. The number of aromatic nitrogens is 1. The van der Waals surface area contributed by atoms with Crippen molar-refractivity contribution in [1.29, 1.82) is 0 Å². The summed E-state index contributed by atoms with van der Waals surface area (Å²) >= 11 is 0. The molecule has 0 radical (unpaired) electrons. The highest BCUT2D eigenvalue weighted by molar-refractivity contribution is 5.46. The number of anilines is 2. The number of hydrogen-bond donors (Lipinski definition) is 2. The van der Waals surface area contributed by atoms with E-state index in [4.69, 9.17) is 5.84 Å². The predicted octanol–water partition coefficient (Wildman–Crippen LogP) is 2.31. The highest BCUT2D eigenvalue weighted by Crippen LogP contribution is 2.15. The van der Waals surface area contributed by atoms with E-state index in [2.05, 4.69) is 46.5 Å². The van der Waals surface area contributed by atoms with Crippen LogP contribution in [0, 0.1) is 6.92 Å². The molecule has 4 nitrogen and oxygen atoms in total. The van der Waals surface area contributed by atoms with Gasteiger partial charge < -0.3 is 10.3 Å². The zero-order valence-corrected chi connectivity index (χ0v) is 10.7. The Kier molecular flexibility index (Phi) is 3.79. The zero-order chi connectivity index (χ0) is 13.0. The standard InChI is InChI=1S/C14H18N4/c1-11-6-8-12(9-7-11)10-18(2)14-5-3-4-13(16-14)17-15/h3-9H,10,15H2,1-2H3,(H,16,17). The van der Waals surface area contributed by atoms with Crippen LogP contribution >= 0.6 is 0 Å². The number of pyridine rings is 1. The number of aryl methyl sites for hydroxylation is 1. The summed E-state index contributed by atoms with van der Waals surface area (Å²) in [7, 11) is 2.02. The molecule has 0 bridgehead atoms. The number of rotatable bonds is 4. The smallest absolute Gasteiger partial charge is 0.142 e. The quantitative estimate of drug-likeness (QED) is 0.638. The molecule has 0 saturated heterocycles. The van der Waals surface area contributed by atoms with Crippen LogP contribution in [0.4, 0.5) is 11.6 Å². The van der Waals surface area contributed by atoms with E-state index >= 15 is 0 Å². The van der Waals surface area contributed by atoms with Crippen LogP contribution in [-0.2, 0) is 6.54 Å². The van der Waals surface area contributed by atoms with Gasteiger partial charge in [0.1, 0.15) is 11.6 Å². The van der Waals surface area contributed by atoms with Gasteiger partial charge in [-0.3, -0.25) is 0 Å². The number of hydrogen-bond acceptors (Lipinski definition) is 4. The molecule has 0 spiro atoms. The molecule has 2 aromatic rings. The molecule has 0 saturated carbocycles. The fraction of sp³-hybridized carbons (Fsp3) is 0.214. The van der Waals surface area contributed by atoms with E-state index in [0.717, 1.165) is 12.4 Å². The Labute approximate surface area is 107 Å². The summed E-state index contributed by atoms with van der Waals surface area (Å²) < 4.78 is 0. The van der Waals surface area contributed by atoms with Gasteiger partial charge in [0.15, 0.2) is 0 Å². The third kappa shape index (κ3) is 2.99. The number of benzene rings is 1. The minimum atomic E-state index is 0.670. The summed E-state index contributed by atoms with van der Waals surface area (Å²) in [6, 6.07) is 14.2. The maximum atomic E-state index is 5.36. The second kappa shape index (κ2) is 5.51. The molecule has 94 valence electrons. The molecule has 0 aliphatic carbocycles. The van der Waals surface area contributed by atoms with Crippen LogP contribution in [0.3, 0.4) is 0 Å². The summed E-state index contributed by atoms with van der Waals surface area (Å²) in [4.78, 5) is 6.48. The van der Waals surface area contributed by atoms with Gasteiger partial charge in [-0.2, -0.15) is 0 Å². The van der Waals surface area contributed by atoms with E-state index in [0.29, 0.717) is 5.82 Å². The molecule has 3 N–H and O–H groups in total. The first-order valence-corrected chi connectivity index (χ1v) is 5.89. The SMILES string of the molecule is Cc1ccc(CN(C)c2cccc(NN)n2)cc1. The largest absolute Gasteiger partial charge is 0.355 e. The van der Waals surface area contributed by atoms with Crippen LogP contribution in [-0.4, -0.2) is 12.0 Å². The summed E-state index contributed by atoms with van der Waals surface area (Å²) in [5, 5.41) is 0. The molecule has 0 aliphatic rings. The Morgan fingerprint density at radius 1 is 1.17 bits per heavy atom. The van der Waals surface area contributed by atoms with Crippen molar-refractivity contribution in [3.8, 4) is 0 Å². The van der Waals surface area contributed by atoms with E-state index in [1.807, 2.05) is 25.2 Å². The minimum absolute atomic E-state index is 0.670. The minimum Gasteiger partial charge on any atom is -0.355 e. The highest BCUT2D eigenvalue weighted by atomic mass is 15.3. The fourth-order valence-electron chi connectivity index (χ4n) is 1.76. The first kappa shape index (κ1) is 12.4. The summed E-state index contributed by atoms with van der Waals surface area (Å²) in [6.07, 6.45) is 0. The Hall–Kier alpha value is -2.07. The average Bonchev–Trinajstić information content (AvgIpc) is 2.41. The second-order valence-electron chi connectivity index (χ2n) is 4.37. The summed E-state index contributed by atoms with van der Waals surface area (Å²) in [5.74, 6) is 6.92. The van der Waals surface area contributed by atoms with Gasteiger partial charge in [0.25, 0.3) is 0 Å². The van der Waals surface area contributed by atoms with E-state index in [9.17, 15) is 0 Å². The van der Waals surface area contributed by atoms with Crippen LogP contribution < -0.4 is 16.2 Å². The molecule has 2 rings (SSSR count). The number of nitrogens with two attached hydrogens (primary N) is 1. The zero-order valence-electron chi connectivity index (χ0n) is 10.7. The summed E-state index contributed by atoms with van der Waals surface area (Å²) in [5.41, 5.74) is 5.09. The van der Waals surface area contributed by atoms with Crippen molar-refractivity contribution in [2.75, 3.05) is 17.4 Å². The van der Waals surface area contributed by atoms with Gasteiger partial charge in [-0.25, -0.2) is 10.8 Å². The van der Waals surface area contributed by atoms with Crippen LogP contribution in [0.15, 0.2) is 42.5 Å². The van der Waals surface area contributed by atoms with E-state index in [1.54, 1.807) is 0 Å². The van der Waals surface area contributed by atoms with Crippen LogP contribution in [0.5, 0.6) is 0 Å². The average molecular weight is 242 g/mol. The van der Waals surface area contributed by atoms with E-state index in [1.165, 1.54) is 11.1 Å². The van der Waals surface area contributed by atoms with E-state index < -0.39 is 0 Å². The van der Waals surface area contributed by atoms with Gasteiger partial charge in [-0.05, 0) is 24.6 Å². The lowest BCUT2D eigenvalue weighted by molar-refractivity contribution is 0.897. The fourth-order valence-corrected chi connectivity index (χ4v) is 1.76. The van der Waals surface area contributed by atoms with E-state index in [-0.39, 0.29) is 0 Å². The maximum absolute atomic E-state index is 5.36. The molecule has 1 aromatic heterocycles. The monoisotopic (exact) mass is 242 g/mol. The first-order chi connectivity index (χ1) is 8.69. The molecular weight excluding hydrogens is 224 g/mol. The van der Waals surface area contributed by atoms with Crippen molar-refractivity contribution >= 4 is 11.6 Å². The molecule has 18 heavy (non-hydrogen) atoms. The molecule has 0 fully saturated rings. The highest BCUT2D eigenvalue weighted by Gasteiger charge is 2.04. The number of nitrogens with zero attached hydrogens (tertiary/aromatic N) is 2.